The minimum absolute atomic E-state index is 0.0592. The van der Waals surface area contributed by atoms with Gasteiger partial charge < -0.3 is 15.5 Å². The third kappa shape index (κ3) is 51.8. The predicted octanol–water partition coefficient (Wildman–Crippen LogP) is 19.5. The molecule has 4 nitrogen and oxygen atoms in total. The second-order valence-corrected chi connectivity index (χ2v) is 20.4. The molecule has 0 aromatic carbocycles. The van der Waals surface area contributed by atoms with E-state index in [9.17, 15) is 15.0 Å². The van der Waals surface area contributed by atoms with Crippen molar-refractivity contribution in [2.45, 2.75) is 347 Å². The Bertz CT molecular complexity index is 932. The molecule has 3 N–H and O–H groups in total. The third-order valence-corrected chi connectivity index (χ3v) is 13.9. The van der Waals surface area contributed by atoms with Gasteiger partial charge in [-0.2, -0.15) is 0 Å². The van der Waals surface area contributed by atoms with E-state index in [2.05, 4.69) is 31.3 Å². The molecule has 0 heterocycles. The van der Waals surface area contributed by atoms with Gasteiger partial charge in [0.05, 0.1) is 18.8 Å². The Kier molecular flexibility index (Phi) is 55.2. The number of unbranched alkanes of at least 4 members (excludes halogenated alkanes) is 46. The highest BCUT2D eigenvalue weighted by atomic mass is 16.3. The first-order valence-electron chi connectivity index (χ1n) is 29.6. The summed E-state index contributed by atoms with van der Waals surface area (Å²) >= 11 is 0. The molecule has 4 heteroatoms. The number of carbonyl (C=O) groups excluding carboxylic acids is 1. The fraction of sp³-hybridized carbons (Fsp3) is 0.917. The van der Waals surface area contributed by atoms with Crippen LogP contribution >= 0.6 is 0 Å². The average molecular weight is 901 g/mol. The smallest absolute Gasteiger partial charge is 0.220 e. The lowest BCUT2D eigenvalue weighted by molar-refractivity contribution is -0.123. The zero-order valence-electron chi connectivity index (χ0n) is 43.8. The van der Waals surface area contributed by atoms with Gasteiger partial charge in [0.25, 0.3) is 0 Å². The molecule has 1 amide bonds. The number of allylic oxidation sites excluding steroid dienone is 3. The van der Waals surface area contributed by atoms with Crippen LogP contribution in [0.1, 0.15) is 335 Å². The maximum Gasteiger partial charge on any atom is 0.220 e. The maximum absolute atomic E-state index is 12.4. The Morgan fingerprint density at radius 3 is 0.859 bits per heavy atom. The maximum atomic E-state index is 12.4. The number of hydrogen-bond acceptors (Lipinski definition) is 3. The molecule has 64 heavy (non-hydrogen) atoms. The fourth-order valence-corrected chi connectivity index (χ4v) is 9.41. The van der Waals surface area contributed by atoms with Gasteiger partial charge in [0.1, 0.15) is 0 Å². The summed E-state index contributed by atoms with van der Waals surface area (Å²) in [5.41, 5.74) is 0. The van der Waals surface area contributed by atoms with Crippen LogP contribution in [-0.4, -0.2) is 34.9 Å². The van der Waals surface area contributed by atoms with E-state index in [0.717, 1.165) is 25.7 Å². The summed E-state index contributed by atoms with van der Waals surface area (Å²) in [5, 5.41) is 23.1. The molecule has 0 aliphatic rings. The molecule has 0 fully saturated rings. The Morgan fingerprint density at radius 2 is 0.594 bits per heavy atom. The molecule has 0 rings (SSSR count). The normalized spacial score (nSPS) is 12.9. The topological polar surface area (TPSA) is 69.6 Å². The van der Waals surface area contributed by atoms with Crippen molar-refractivity contribution in [3.63, 3.8) is 0 Å². The molecule has 0 spiro atoms. The molecule has 0 aliphatic carbocycles. The quantitative estimate of drug-likeness (QED) is 0.0421. The molecule has 0 bridgehead atoms. The highest BCUT2D eigenvalue weighted by Gasteiger charge is 2.18. The zero-order chi connectivity index (χ0) is 46.3. The Morgan fingerprint density at radius 1 is 0.359 bits per heavy atom. The van der Waals surface area contributed by atoms with E-state index < -0.39 is 12.1 Å². The van der Waals surface area contributed by atoms with Gasteiger partial charge in [-0.25, -0.2) is 0 Å². The Hall–Kier alpha value is -1.13. The summed E-state index contributed by atoms with van der Waals surface area (Å²) in [6.45, 7) is 4.33. The van der Waals surface area contributed by atoms with Crippen molar-refractivity contribution in [2.75, 3.05) is 6.61 Å². The fourth-order valence-electron chi connectivity index (χ4n) is 9.41. The molecule has 0 aromatic rings. The molecule has 2 atom stereocenters. The lowest BCUT2D eigenvalue weighted by Crippen LogP contribution is -2.45. The van der Waals surface area contributed by atoms with Crippen molar-refractivity contribution in [1.82, 2.24) is 5.32 Å². The van der Waals surface area contributed by atoms with E-state index in [0.29, 0.717) is 6.42 Å². The second kappa shape index (κ2) is 56.2. The molecule has 380 valence electrons. The molecule has 0 aromatic heterocycles. The van der Waals surface area contributed by atoms with Crippen molar-refractivity contribution in [3.05, 3.63) is 24.3 Å². The van der Waals surface area contributed by atoms with Gasteiger partial charge in [0.15, 0.2) is 0 Å². The summed E-state index contributed by atoms with van der Waals surface area (Å²) in [4.78, 5) is 12.4. The molecule has 0 saturated heterocycles. The predicted molar refractivity (Wildman–Crippen MR) is 286 cm³/mol. The zero-order valence-corrected chi connectivity index (χ0v) is 43.8. The van der Waals surface area contributed by atoms with E-state index in [1.54, 1.807) is 6.08 Å². The van der Waals surface area contributed by atoms with Crippen molar-refractivity contribution < 1.29 is 15.0 Å². The first-order valence-corrected chi connectivity index (χ1v) is 29.6. The molecule has 0 saturated carbocycles. The van der Waals surface area contributed by atoms with Crippen molar-refractivity contribution in [2.24, 2.45) is 0 Å². The Labute approximate surface area is 402 Å². The molecular weight excluding hydrogens is 783 g/mol. The number of nitrogens with one attached hydrogen (secondary N) is 1. The monoisotopic (exact) mass is 900 g/mol. The van der Waals surface area contributed by atoms with E-state index in [-0.39, 0.29) is 12.5 Å². The minimum atomic E-state index is -0.836. The summed E-state index contributed by atoms with van der Waals surface area (Å²) in [5.74, 6) is -0.0592. The van der Waals surface area contributed by atoms with Gasteiger partial charge in [-0.3, -0.25) is 4.79 Å². The van der Waals surface area contributed by atoms with E-state index in [4.69, 9.17) is 0 Å². The molecule has 0 radical (unpaired) electrons. The van der Waals surface area contributed by atoms with Crippen LogP contribution in [0.3, 0.4) is 0 Å². The number of aliphatic hydroxyl groups is 2. The van der Waals surface area contributed by atoms with Crippen LogP contribution in [0.5, 0.6) is 0 Å². The highest BCUT2D eigenvalue weighted by molar-refractivity contribution is 5.76. The second-order valence-electron chi connectivity index (χ2n) is 20.4. The SMILES string of the molecule is CCCCCCCCCCCCC/C=C/C(O)C(CO)NC(=O)CCCCCCCCCCCCCCCCCCC/C=C\CCCCCCCCCCCCCCCCCCCC. The van der Waals surface area contributed by atoms with Gasteiger partial charge in [-0.05, 0) is 44.9 Å². The van der Waals surface area contributed by atoms with Crippen LogP contribution in [0.4, 0.5) is 0 Å². The number of amides is 1. The van der Waals surface area contributed by atoms with Crippen LogP contribution in [0.15, 0.2) is 24.3 Å². The van der Waals surface area contributed by atoms with E-state index in [1.165, 1.54) is 289 Å². The van der Waals surface area contributed by atoms with Crippen molar-refractivity contribution in [1.29, 1.82) is 0 Å². The Balaban J connectivity index is 3.37. The number of carbonyl (C=O) groups is 1. The lowest BCUT2D eigenvalue weighted by Gasteiger charge is -2.20. The van der Waals surface area contributed by atoms with E-state index >= 15 is 0 Å². The lowest BCUT2D eigenvalue weighted by atomic mass is 10.0. The van der Waals surface area contributed by atoms with Crippen LogP contribution in [-0.2, 0) is 4.79 Å². The van der Waals surface area contributed by atoms with Gasteiger partial charge in [0, 0.05) is 6.42 Å². The van der Waals surface area contributed by atoms with Crippen LogP contribution in [0.25, 0.3) is 0 Å². The van der Waals surface area contributed by atoms with Gasteiger partial charge in [0.2, 0.25) is 5.91 Å². The minimum Gasteiger partial charge on any atom is -0.394 e. The summed E-state index contributed by atoms with van der Waals surface area (Å²) in [7, 11) is 0. The summed E-state index contributed by atoms with van der Waals surface area (Å²) < 4.78 is 0. The molecule has 2 unspecified atom stereocenters. The number of aliphatic hydroxyl groups excluding tert-OH is 2. The summed E-state index contributed by atoms with van der Waals surface area (Å²) in [6.07, 6.45) is 75.2. The third-order valence-electron chi connectivity index (χ3n) is 13.9. The number of hydrogen-bond donors (Lipinski definition) is 3. The highest BCUT2D eigenvalue weighted by Crippen LogP contribution is 2.18. The summed E-state index contributed by atoms with van der Waals surface area (Å²) in [6, 6.07) is -0.619. The van der Waals surface area contributed by atoms with Crippen LogP contribution < -0.4 is 5.32 Å². The van der Waals surface area contributed by atoms with Crippen LogP contribution in [0, 0.1) is 0 Å². The van der Waals surface area contributed by atoms with Gasteiger partial charge >= 0.3 is 0 Å². The first kappa shape index (κ1) is 62.9. The van der Waals surface area contributed by atoms with E-state index in [1.807, 2.05) is 6.08 Å². The van der Waals surface area contributed by atoms with Crippen molar-refractivity contribution in [3.8, 4) is 0 Å². The largest absolute Gasteiger partial charge is 0.394 e. The average Bonchev–Trinajstić information content (AvgIpc) is 3.30. The van der Waals surface area contributed by atoms with Crippen LogP contribution in [0.2, 0.25) is 0 Å². The van der Waals surface area contributed by atoms with Gasteiger partial charge in [-0.15, -0.1) is 0 Å². The van der Waals surface area contributed by atoms with Gasteiger partial charge in [-0.1, -0.05) is 308 Å². The number of rotatable bonds is 55. The standard InChI is InChI=1S/C60H117NO3/c1-3-5-7-9-11-13-15-17-18-19-20-21-22-23-24-25-26-27-28-29-30-31-32-33-34-35-36-37-38-39-40-41-42-44-46-48-50-52-54-56-60(64)61-58(57-62)59(63)55-53-51-49-47-45-43-16-14-12-10-8-6-4-2/h29-30,53,55,58-59,62-63H,3-28,31-52,54,56-57H2,1-2H3,(H,61,64)/b30-29-,55-53+. The van der Waals surface area contributed by atoms with Crippen molar-refractivity contribution >= 4 is 5.91 Å². The molecule has 0 aliphatic heterocycles. The molecular formula is C60H117NO3. The first-order chi connectivity index (χ1) is 31.7.